The second-order valence-corrected chi connectivity index (χ2v) is 21.0. The van der Waals surface area contributed by atoms with Gasteiger partial charge in [0.2, 0.25) is 0 Å². The number of phenolic OH excluding ortho intramolecular Hbond substituents is 2. The molecule has 0 amide bonds. The van der Waals surface area contributed by atoms with Crippen LogP contribution in [0.5, 0.6) is 40.2 Å². The molecular formula is C66H59ClO13. The zero-order chi connectivity index (χ0) is 56.5. The van der Waals surface area contributed by atoms with Gasteiger partial charge in [0.15, 0.2) is 11.6 Å². The molecule has 8 aromatic carbocycles. The summed E-state index contributed by atoms with van der Waals surface area (Å²) in [6, 6.07) is 43.1. The molecule has 80 heavy (non-hydrogen) atoms. The summed E-state index contributed by atoms with van der Waals surface area (Å²) in [5, 5.41) is 40.4. The van der Waals surface area contributed by atoms with E-state index in [0.29, 0.717) is 27.8 Å². The van der Waals surface area contributed by atoms with Crippen molar-refractivity contribution in [3.8, 4) is 51.4 Å². The molecule has 8 aromatic rings. The molecule has 0 bridgehead atoms. The van der Waals surface area contributed by atoms with Gasteiger partial charge in [-0.05, 0) is 190 Å². The smallest absolute Gasteiger partial charge is 0.311 e. The number of ether oxygens (including phenoxy) is 5. The third-order valence-electron chi connectivity index (χ3n) is 16.1. The lowest BCUT2D eigenvalue weighted by molar-refractivity contribution is -0.140. The molecule has 14 heteroatoms. The van der Waals surface area contributed by atoms with Crippen LogP contribution in [0.4, 0.5) is 0 Å². The lowest BCUT2D eigenvalue weighted by atomic mass is 9.75. The highest BCUT2D eigenvalue weighted by Gasteiger charge is 2.43. The molecule has 0 aliphatic heterocycles. The van der Waals surface area contributed by atoms with Crippen molar-refractivity contribution < 1.29 is 63.3 Å². The van der Waals surface area contributed by atoms with Crippen LogP contribution in [0, 0.1) is 11.8 Å². The fraction of sp³-hybridized carbons (Fsp3) is 0.242. The van der Waals surface area contributed by atoms with Gasteiger partial charge < -0.3 is 44.1 Å². The molecule has 0 spiro atoms. The molecule has 5 unspecified atom stereocenters. The lowest BCUT2D eigenvalue weighted by Crippen LogP contribution is -2.27. The summed E-state index contributed by atoms with van der Waals surface area (Å²) >= 11 is 6.55. The van der Waals surface area contributed by atoms with Crippen LogP contribution in [0.3, 0.4) is 0 Å². The average Bonchev–Trinajstić information content (AvgIpc) is 4.25. The summed E-state index contributed by atoms with van der Waals surface area (Å²) in [4.78, 5) is 47.2. The van der Waals surface area contributed by atoms with E-state index in [1.807, 2.05) is 78.9 Å². The number of fused-ring (bicyclic) bond motifs is 10. The van der Waals surface area contributed by atoms with Crippen molar-refractivity contribution in [2.75, 3.05) is 35.5 Å². The Bertz CT molecular complexity index is 3740. The maximum atomic E-state index is 13.0. The van der Waals surface area contributed by atoms with E-state index in [0.717, 1.165) is 116 Å². The standard InChI is InChI=1S/C19H20O4.C19H18O3.C17H11ClO2.C11H10O4/c1-22-15-5-3-12(4-6-15)9-14-10-13-11-16(23-2)7-8-17(13)18(14)19(20)21;1-21-14-5-6-16-12(9-14)8-13-7-11-3-4-15(22-2)10-17(11)19(20)18(13)16;18-17-15-8-13(20)2-1-9(15)5-11-6-10-7-12(19)3-4-14(10)16(11)17;1-15-6-2-3-7-8(4-6)10(12)5-9(7)11(13)14/h3-8,11,14,18H,9-10H2,1-2H3,(H,20,21);3-6,9-10,13,18H,7-8H2,1-2H3;1-5,7-8,19-20H,6H2;2-4,9H,5H2,1H3,(H,13,14). The van der Waals surface area contributed by atoms with E-state index in [9.17, 15) is 34.5 Å². The minimum absolute atomic E-state index is 0.0134. The summed E-state index contributed by atoms with van der Waals surface area (Å²) in [7, 11) is 8.08. The van der Waals surface area contributed by atoms with Crippen molar-refractivity contribution in [1.82, 2.24) is 0 Å². The number of benzene rings is 8. The maximum Gasteiger partial charge on any atom is 0.311 e. The number of phenols is 2. The Hall–Kier alpha value is -8.81. The lowest BCUT2D eigenvalue weighted by Gasteiger charge is -2.27. The fourth-order valence-corrected chi connectivity index (χ4v) is 12.6. The highest BCUT2D eigenvalue weighted by molar-refractivity contribution is 6.39. The minimum Gasteiger partial charge on any atom is -0.508 e. The SMILES string of the molecule is COc1ccc(CC2Cc3cc(OC)ccc3C2C(=O)O)cc1.COc1ccc2c(c1)C(=O)CC2C(=O)O.COc1ccc2c(c1)CC1Cc3ccc(OC)cc3C(=O)C21.Oc1ccc2c(c1)Cc1cc3ccc(O)cc3c(Cl)c1-2. The molecule has 0 heterocycles. The number of aromatic hydroxyl groups is 2. The molecule has 0 aromatic heterocycles. The number of ketones is 2. The first-order chi connectivity index (χ1) is 38.6. The van der Waals surface area contributed by atoms with Gasteiger partial charge >= 0.3 is 11.9 Å². The third-order valence-corrected chi connectivity index (χ3v) is 16.4. The number of hydrogen-bond donors (Lipinski definition) is 4. The first-order valence-corrected chi connectivity index (χ1v) is 26.6. The quantitative estimate of drug-likeness (QED) is 0.107. The number of carbonyl (C=O) groups excluding carboxylic acids is 2. The maximum absolute atomic E-state index is 13.0. The van der Waals surface area contributed by atoms with Crippen molar-refractivity contribution in [1.29, 1.82) is 0 Å². The molecule has 5 aliphatic carbocycles. The van der Waals surface area contributed by atoms with Crippen molar-refractivity contribution in [2.45, 2.75) is 56.3 Å². The molecule has 0 saturated carbocycles. The van der Waals surface area contributed by atoms with Gasteiger partial charge in [-0.1, -0.05) is 66.2 Å². The van der Waals surface area contributed by atoms with Crippen LogP contribution in [0.15, 0.2) is 140 Å². The van der Waals surface area contributed by atoms with Crippen molar-refractivity contribution in [3.63, 3.8) is 0 Å². The van der Waals surface area contributed by atoms with Gasteiger partial charge in [0.25, 0.3) is 0 Å². The number of aliphatic carboxylic acids is 2. The second kappa shape index (κ2) is 22.9. The number of hydrogen-bond acceptors (Lipinski definition) is 11. The molecule has 13 rings (SSSR count). The predicted molar refractivity (Wildman–Crippen MR) is 304 cm³/mol. The normalized spacial score (nSPS) is 18.1. The summed E-state index contributed by atoms with van der Waals surface area (Å²) in [6.45, 7) is 0. The van der Waals surface area contributed by atoms with Crippen LogP contribution in [0.2, 0.25) is 5.02 Å². The van der Waals surface area contributed by atoms with E-state index in [2.05, 4.69) is 18.2 Å². The molecule has 4 N–H and O–H groups in total. The van der Waals surface area contributed by atoms with E-state index in [-0.39, 0.29) is 41.3 Å². The van der Waals surface area contributed by atoms with Crippen LogP contribution in [-0.2, 0) is 41.7 Å². The topological polar surface area (TPSA) is 195 Å². The molecule has 5 aliphatic rings. The zero-order valence-corrected chi connectivity index (χ0v) is 45.5. The molecular weight excluding hydrogens is 1040 g/mol. The number of carboxylic acid groups (broad SMARTS) is 2. The van der Waals surface area contributed by atoms with E-state index in [1.165, 1.54) is 18.2 Å². The van der Waals surface area contributed by atoms with E-state index in [1.54, 1.807) is 70.9 Å². The number of methoxy groups -OCH3 is 5. The van der Waals surface area contributed by atoms with Crippen molar-refractivity contribution >= 4 is 45.9 Å². The van der Waals surface area contributed by atoms with Gasteiger partial charge in [0.05, 0.1) is 58.3 Å². The van der Waals surface area contributed by atoms with Crippen LogP contribution in [0.1, 0.15) is 95.0 Å². The number of Topliss-reactive ketones (excluding diaryl/α,β-unsaturated/α-hetero) is 2. The Morgan fingerprint density at radius 3 is 1.73 bits per heavy atom. The molecule has 0 saturated heterocycles. The average molecular weight is 1100 g/mol. The van der Waals surface area contributed by atoms with Gasteiger partial charge in [-0.15, -0.1) is 0 Å². The van der Waals surface area contributed by atoms with Crippen LogP contribution >= 0.6 is 11.6 Å². The molecule has 13 nitrogen and oxygen atoms in total. The van der Waals surface area contributed by atoms with Gasteiger partial charge in [-0.2, -0.15) is 0 Å². The van der Waals surface area contributed by atoms with Gasteiger partial charge in [0.1, 0.15) is 40.2 Å². The minimum atomic E-state index is -0.952. The zero-order valence-electron chi connectivity index (χ0n) is 44.7. The van der Waals surface area contributed by atoms with Crippen LogP contribution < -0.4 is 23.7 Å². The Labute approximate surface area is 467 Å². The van der Waals surface area contributed by atoms with Crippen molar-refractivity contribution in [3.05, 3.63) is 206 Å². The van der Waals surface area contributed by atoms with Crippen LogP contribution in [0.25, 0.3) is 21.9 Å². The van der Waals surface area contributed by atoms with Gasteiger partial charge in [-0.3, -0.25) is 19.2 Å². The highest BCUT2D eigenvalue weighted by Crippen LogP contribution is 2.49. The second-order valence-electron chi connectivity index (χ2n) is 20.6. The van der Waals surface area contributed by atoms with Crippen molar-refractivity contribution in [2.24, 2.45) is 11.8 Å². The van der Waals surface area contributed by atoms with E-state index >= 15 is 0 Å². The number of halogens is 1. The Morgan fingerprint density at radius 2 is 1.07 bits per heavy atom. The van der Waals surface area contributed by atoms with Gasteiger partial charge in [-0.25, -0.2) is 0 Å². The molecule has 408 valence electrons. The summed E-state index contributed by atoms with van der Waals surface area (Å²) in [5.41, 5.74) is 12.9. The first kappa shape index (κ1) is 54.5. The Balaban J connectivity index is 0.000000121. The van der Waals surface area contributed by atoms with E-state index in [4.69, 9.17) is 40.4 Å². The number of rotatable bonds is 9. The molecule has 0 fully saturated rings. The number of carboxylic acids is 2. The predicted octanol–water partition coefficient (Wildman–Crippen LogP) is 12.6. The summed E-state index contributed by atoms with van der Waals surface area (Å²) < 4.78 is 26.0. The molecule has 5 atom stereocenters. The first-order valence-electron chi connectivity index (χ1n) is 26.2. The van der Waals surface area contributed by atoms with E-state index < -0.39 is 23.8 Å². The number of carbonyl (C=O) groups is 4. The fourth-order valence-electron chi connectivity index (χ4n) is 12.2. The Kier molecular flexibility index (Phi) is 15.6. The van der Waals surface area contributed by atoms with Crippen LogP contribution in [-0.4, -0.2) is 79.5 Å². The third kappa shape index (κ3) is 10.7. The largest absolute Gasteiger partial charge is 0.508 e. The Morgan fingerprint density at radius 1 is 0.512 bits per heavy atom. The molecule has 0 radical (unpaired) electrons. The summed E-state index contributed by atoms with van der Waals surface area (Å²) in [5.74, 6) is 1.91. The monoisotopic (exact) mass is 1090 g/mol. The summed E-state index contributed by atoms with van der Waals surface area (Å²) in [6.07, 6.45) is 4.22. The van der Waals surface area contributed by atoms with Gasteiger partial charge in [0, 0.05) is 28.5 Å². The highest BCUT2D eigenvalue weighted by atomic mass is 35.5.